The third kappa shape index (κ3) is 13.3. The Labute approximate surface area is 515 Å². The van der Waals surface area contributed by atoms with Crippen LogP contribution in [-0.4, -0.2) is 170 Å². The molecular weight excluding hydrogens is 1140 g/mol. The SMILES string of the molecule is NC(=O)c1ncc(N2CCCCC2)nc1Nc1ccc(C2CCN(CC(CNc3cccc4c3C(=O)N(C3CCC(=O)NC3=O)C4)C3CCN(C[C@H]4CC[C@H](n5cc(NC(=O)c6cnn7ccc(N8CCOCC8)nc67)c(C(F)F)n5)CC4)CC3)CC2)cc1. The van der Waals surface area contributed by atoms with Crippen LogP contribution in [0.5, 0.6) is 0 Å². The molecule has 5 amide bonds. The quantitative estimate of drug-likeness (QED) is 0.0495. The second-order valence-electron chi connectivity index (χ2n) is 25.2. The predicted octanol–water partition coefficient (Wildman–Crippen LogP) is 7.39. The largest absolute Gasteiger partial charge is 0.384 e. The van der Waals surface area contributed by atoms with Gasteiger partial charge in [0.25, 0.3) is 24.1 Å². The third-order valence-electron chi connectivity index (χ3n) is 19.7. The minimum Gasteiger partial charge on any atom is -0.384 e. The summed E-state index contributed by atoms with van der Waals surface area (Å²) >= 11 is 0. The van der Waals surface area contributed by atoms with E-state index in [0.717, 1.165) is 139 Å². The number of benzene rings is 2. The average Bonchev–Trinajstić information content (AvgIpc) is 2.05. The first-order chi connectivity index (χ1) is 43.3. The van der Waals surface area contributed by atoms with Crippen LogP contribution in [0, 0.1) is 17.8 Å². The fraction of sp³-hybridized carbons (Fsp3) is 0.531. The van der Waals surface area contributed by atoms with Gasteiger partial charge in [-0.05, 0) is 162 Å². The number of alkyl halides is 2. The van der Waals surface area contributed by atoms with Crippen molar-refractivity contribution < 1.29 is 37.5 Å². The highest BCUT2D eigenvalue weighted by Crippen LogP contribution is 2.39. The molecule has 6 fully saturated rings. The highest BCUT2D eigenvalue weighted by molar-refractivity contribution is 6.09. The van der Waals surface area contributed by atoms with Gasteiger partial charge in [0.15, 0.2) is 22.9 Å². The molecule has 470 valence electrons. The Morgan fingerprint density at radius 1 is 0.787 bits per heavy atom. The van der Waals surface area contributed by atoms with Crippen molar-refractivity contribution in [3.63, 3.8) is 0 Å². The monoisotopic (exact) mass is 1220 g/mol. The van der Waals surface area contributed by atoms with Crippen LogP contribution in [-0.2, 0) is 20.9 Å². The summed E-state index contributed by atoms with van der Waals surface area (Å²) in [6.45, 7) is 10.9. The number of fused-ring (bicyclic) bond motifs is 2. The van der Waals surface area contributed by atoms with Gasteiger partial charge in [-0.1, -0.05) is 24.3 Å². The van der Waals surface area contributed by atoms with Crippen molar-refractivity contribution in [2.75, 3.05) is 111 Å². The van der Waals surface area contributed by atoms with Gasteiger partial charge >= 0.3 is 0 Å². The number of piperidine rings is 4. The first kappa shape index (κ1) is 59.8. The van der Waals surface area contributed by atoms with Gasteiger partial charge in [0.2, 0.25) is 11.8 Å². The maximum atomic E-state index is 14.6. The molecule has 6 N–H and O–H groups in total. The molecule has 23 nitrogen and oxygen atoms in total. The van der Waals surface area contributed by atoms with E-state index in [1.54, 1.807) is 28.2 Å². The number of anilines is 6. The smallest absolute Gasteiger partial charge is 0.284 e. The van der Waals surface area contributed by atoms with Gasteiger partial charge in [-0.3, -0.25) is 34.0 Å². The van der Waals surface area contributed by atoms with E-state index in [-0.39, 0.29) is 47.1 Å². The Bertz CT molecular complexity index is 3550. The van der Waals surface area contributed by atoms with Crippen molar-refractivity contribution >= 4 is 69.7 Å². The van der Waals surface area contributed by atoms with E-state index in [9.17, 15) is 32.8 Å². The molecule has 13 rings (SSSR count). The molecule has 0 bridgehead atoms. The zero-order valence-corrected chi connectivity index (χ0v) is 50.2. The Morgan fingerprint density at radius 2 is 1.54 bits per heavy atom. The molecule has 2 unspecified atom stereocenters. The molecule has 89 heavy (non-hydrogen) atoms. The fourth-order valence-electron chi connectivity index (χ4n) is 14.7. The highest BCUT2D eigenvalue weighted by atomic mass is 19.3. The molecule has 6 aromatic rings. The number of carbonyl (C=O) groups is 5. The van der Waals surface area contributed by atoms with Crippen LogP contribution < -0.4 is 36.8 Å². The number of hydrogen-bond acceptors (Lipinski definition) is 17. The third-order valence-corrected chi connectivity index (χ3v) is 19.7. The number of nitrogens with zero attached hydrogens (tertiary/aromatic N) is 12. The minimum absolute atomic E-state index is 0.0187. The van der Waals surface area contributed by atoms with Crippen LogP contribution in [0.25, 0.3) is 5.65 Å². The molecule has 10 heterocycles. The molecule has 6 aliphatic heterocycles. The maximum absolute atomic E-state index is 14.6. The summed E-state index contributed by atoms with van der Waals surface area (Å²) in [4.78, 5) is 90.2. The summed E-state index contributed by atoms with van der Waals surface area (Å²) in [5.41, 5.74) is 10.2. The van der Waals surface area contributed by atoms with E-state index in [4.69, 9.17) is 20.4 Å². The van der Waals surface area contributed by atoms with Crippen molar-refractivity contribution in [2.45, 2.75) is 114 Å². The summed E-state index contributed by atoms with van der Waals surface area (Å²) in [5, 5.41) is 20.9. The van der Waals surface area contributed by atoms with Crippen LogP contribution in [0.1, 0.15) is 150 Å². The second kappa shape index (κ2) is 26.5. The molecule has 0 spiro atoms. The lowest BCUT2D eigenvalue weighted by Crippen LogP contribution is -2.52. The molecule has 25 heteroatoms. The summed E-state index contributed by atoms with van der Waals surface area (Å²) < 4.78 is 37.8. The van der Waals surface area contributed by atoms with E-state index in [1.807, 2.05) is 36.4 Å². The Morgan fingerprint density at radius 3 is 2.28 bits per heavy atom. The van der Waals surface area contributed by atoms with E-state index in [1.165, 1.54) is 22.7 Å². The van der Waals surface area contributed by atoms with Crippen LogP contribution in [0.2, 0.25) is 0 Å². The van der Waals surface area contributed by atoms with Crippen LogP contribution in [0.3, 0.4) is 0 Å². The zero-order valence-electron chi connectivity index (χ0n) is 50.2. The van der Waals surface area contributed by atoms with Crippen LogP contribution in [0.15, 0.2) is 73.3 Å². The number of nitrogens with one attached hydrogen (secondary N) is 4. The number of nitrogens with two attached hydrogens (primary N) is 1. The van der Waals surface area contributed by atoms with Crippen molar-refractivity contribution in [1.29, 1.82) is 0 Å². The van der Waals surface area contributed by atoms with E-state index in [0.29, 0.717) is 86.4 Å². The number of likely N-dealkylation sites (tertiary alicyclic amines) is 2. The van der Waals surface area contributed by atoms with Crippen molar-refractivity contribution in [2.24, 2.45) is 23.5 Å². The first-order valence-corrected chi connectivity index (χ1v) is 31.9. The number of hydrogen-bond donors (Lipinski definition) is 5. The van der Waals surface area contributed by atoms with Gasteiger partial charge in [0, 0.05) is 82.5 Å². The molecule has 2 aromatic carbocycles. The molecule has 1 saturated carbocycles. The lowest BCUT2D eigenvalue weighted by molar-refractivity contribution is -0.136. The Balaban J connectivity index is 0.632. The van der Waals surface area contributed by atoms with E-state index < -0.39 is 35.9 Å². The fourth-order valence-corrected chi connectivity index (χ4v) is 14.7. The normalized spacial score (nSPS) is 22.2. The highest BCUT2D eigenvalue weighted by Gasteiger charge is 2.41. The molecule has 5 saturated heterocycles. The molecule has 0 radical (unpaired) electrons. The van der Waals surface area contributed by atoms with Crippen molar-refractivity contribution in [3.05, 3.63) is 107 Å². The minimum atomic E-state index is -2.89. The Kier molecular flexibility index (Phi) is 17.8. The lowest BCUT2D eigenvalue weighted by atomic mass is 9.81. The van der Waals surface area contributed by atoms with Crippen molar-refractivity contribution in [3.8, 4) is 0 Å². The molecule has 1 aliphatic carbocycles. The molecule has 2 atom stereocenters. The van der Waals surface area contributed by atoms with Gasteiger partial charge in [-0.2, -0.15) is 10.2 Å². The van der Waals surface area contributed by atoms with Gasteiger partial charge in [0.05, 0.1) is 42.9 Å². The number of primary amides is 1. The number of morpholine rings is 1. The summed E-state index contributed by atoms with van der Waals surface area (Å²) in [6, 6.07) is 15.3. The number of ether oxygens (including phenoxy) is 1. The number of imide groups is 1. The van der Waals surface area contributed by atoms with Crippen LogP contribution >= 0.6 is 0 Å². The number of amides is 5. The molecule has 4 aromatic heterocycles. The average molecular weight is 1220 g/mol. The van der Waals surface area contributed by atoms with Gasteiger partial charge in [-0.15, -0.1) is 0 Å². The van der Waals surface area contributed by atoms with E-state index in [2.05, 4.69) is 68.2 Å². The number of rotatable bonds is 19. The summed E-state index contributed by atoms with van der Waals surface area (Å²) in [7, 11) is 0. The first-order valence-electron chi connectivity index (χ1n) is 31.9. The standard InChI is InChI=1S/C64H79F2N17O6/c65-58(66)56-50(72-62(86)48-34-70-82-28-21-52(74-61(48)82)80-29-31-89-32-30-80)39-83(76-56)47-13-7-40(8-14-47)36-77-24-19-43(20-25-77)45(33-68-49-6-4-5-44-38-81(64(88)55(44)49)51-15-16-54(84)75-63(51)87)37-78-26-17-42(18-27-78)41-9-11-46(12-10-41)71-60-57(59(67)85)69-35-53(73-60)79-22-2-1-3-23-79/h4-6,9-12,21,28,34-35,39-40,42-43,45,47,51,58,68H,1-3,7-8,13-20,22-27,29-33,36-38H2,(H2,67,85)(H,71,73)(H,72,86)(H,75,84,87)/t40-,45?,47-,51?. The number of halogens is 2. The molecular formula is C64H79F2N17O6. The number of aromatic nitrogens is 7. The van der Waals surface area contributed by atoms with Gasteiger partial charge in [-0.25, -0.2) is 28.2 Å². The predicted molar refractivity (Wildman–Crippen MR) is 331 cm³/mol. The van der Waals surface area contributed by atoms with Crippen molar-refractivity contribution in [1.82, 2.24) is 54.4 Å². The topological polar surface area (TPSA) is 259 Å². The van der Waals surface area contributed by atoms with Gasteiger partial charge in [0.1, 0.15) is 23.2 Å². The van der Waals surface area contributed by atoms with Gasteiger partial charge < -0.3 is 50.9 Å². The Hall–Kier alpha value is -8.16. The van der Waals surface area contributed by atoms with E-state index >= 15 is 0 Å². The summed E-state index contributed by atoms with van der Waals surface area (Å²) in [6.07, 6.45) is 14.8. The zero-order chi connectivity index (χ0) is 61.1. The second-order valence-corrected chi connectivity index (χ2v) is 25.2. The number of carbonyl (C=O) groups excluding carboxylic acids is 5. The van der Waals surface area contributed by atoms with Crippen LogP contribution in [0.4, 0.5) is 43.3 Å². The molecule has 7 aliphatic rings. The lowest BCUT2D eigenvalue weighted by Gasteiger charge is -2.41. The maximum Gasteiger partial charge on any atom is 0.284 e. The summed E-state index contributed by atoms with van der Waals surface area (Å²) in [5.74, 6) is 1.16.